The summed E-state index contributed by atoms with van der Waals surface area (Å²) in [6, 6.07) is 6.16. The molecule has 0 radical (unpaired) electrons. The number of benzene rings is 1. The zero-order valence-corrected chi connectivity index (χ0v) is 15.5. The summed E-state index contributed by atoms with van der Waals surface area (Å²) in [5.41, 5.74) is 6.31. The smallest absolute Gasteiger partial charge is 0.336 e. The standard InChI is InChI=1S/C14H17BrN4O4S/c1-8(2)12(16)13-18-19-14(23-13)24(21,22)7-11(20)17-10-5-3-9(15)4-6-10/h3-6,8,12H,7,16H2,1-2H3,(H,17,20). The Kier molecular flexibility index (Phi) is 5.73. The predicted octanol–water partition coefficient (Wildman–Crippen LogP) is 1.90. The van der Waals surface area contributed by atoms with E-state index in [0.717, 1.165) is 4.47 Å². The number of carbonyl (C=O) groups excluding carboxylic acids is 1. The maximum atomic E-state index is 12.2. The van der Waals surface area contributed by atoms with Crippen LogP contribution in [0.4, 0.5) is 5.69 Å². The highest BCUT2D eigenvalue weighted by molar-refractivity contribution is 9.10. The van der Waals surface area contributed by atoms with Crippen LogP contribution in [0.5, 0.6) is 0 Å². The molecule has 2 aromatic rings. The van der Waals surface area contributed by atoms with E-state index in [1.165, 1.54) is 0 Å². The molecule has 1 unspecified atom stereocenters. The number of carbonyl (C=O) groups is 1. The molecule has 0 saturated carbocycles. The average Bonchev–Trinajstić information content (AvgIpc) is 2.99. The van der Waals surface area contributed by atoms with E-state index in [2.05, 4.69) is 31.4 Å². The molecule has 3 N–H and O–H groups in total. The van der Waals surface area contributed by atoms with Crippen LogP contribution in [-0.4, -0.2) is 30.3 Å². The van der Waals surface area contributed by atoms with Crippen molar-refractivity contribution in [2.24, 2.45) is 11.7 Å². The highest BCUT2D eigenvalue weighted by Gasteiger charge is 2.28. The van der Waals surface area contributed by atoms with E-state index in [1.54, 1.807) is 24.3 Å². The van der Waals surface area contributed by atoms with Crippen LogP contribution in [0.1, 0.15) is 25.8 Å². The van der Waals surface area contributed by atoms with Crippen LogP contribution in [0.15, 0.2) is 38.4 Å². The summed E-state index contributed by atoms with van der Waals surface area (Å²) in [5, 5.41) is 9.02. The molecule has 130 valence electrons. The first-order valence-electron chi connectivity index (χ1n) is 7.06. The first-order valence-corrected chi connectivity index (χ1v) is 9.50. The maximum absolute atomic E-state index is 12.2. The molecule has 10 heteroatoms. The van der Waals surface area contributed by atoms with Gasteiger partial charge in [-0.25, -0.2) is 8.42 Å². The molecular formula is C14H17BrN4O4S. The second-order valence-corrected chi connectivity index (χ2v) is 8.27. The van der Waals surface area contributed by atoms with Crippen LogP contribution in [0, 0.1) is 5.92 Å². The van der Waals surface area contributed by atoms with Crippen molar-refractivity contribution in [1.29, 1.82) is 0 Å². The van der Waals surface area contributed by atoms with Gasteiger partial charge in [0.2, 0.25) is 21.6 Å². The Morgan fingerprint density at radius 1 is 1.29 bits per heavy atom. The van der Waals surface area contributed by atoms with Gasteiger partial charge >= 0.3 is 5.22 Å². The van der Waals surface area contributed by atoms with Gasteiger partial charge in [-0.2, -0.15) is 0 Å². The van der Waals surface area contributed by atoms with E-state index in [4.69, 9.17) is 10.2 Å². The average molecular weight is 417 g/mol. The SMILES string of the molecule is CC(C)C(N)c1nnc(S(=O)(=O)CC(=O)Nc2ccc(Br)cc2)o1. The molecule has 1 atom stereocenters. The van der Waals surface area contributed by atoms with E-state index in [1.807, 2.05) is 13.8 Å². The van der Waals surface area contributed by atoms with Crippen molar-refractivity contribution in [3.8, 4) is 0 Å². The number of rotatable bonds is 6. The molecule has 0 bridgehead atoms. The van der Waals surface area contributed by atoms with Gasteiger partial charge in [0.25, 0.3) is 0 Å². The largest absolute Gasteiger partial charge is 0.411 e. The van der Waals surface area contributed by atoms with Crippen LogP contribution in [0.3, 0.4) is 0 Å². The molecule has 8 nitrogen and oxygen atoms in total. The zero-order chi connectivity index (χ0) is 17.9. The Bertz CT molecular complexity index is 818. The summed E-state index contributed by atoms with van der Waals surface area (Å²) in [4.78, 5) is 11.9. The van der Waals surface area contributed by atoms with Crippen molar-refractivity contribution in [1.82, 2.24) is 10.2 Å². The lowest BCUT2D eigenvalue weighted by Crippen LogP contribution is -2.23. The van der Waals surface area contributed by atoms with Gasteiger partial charge in [-0.05, 0) is 30.2 Å². The van der Waals surface area contributed by atoms with Gasteiger partial charge in [-0.1, -0.05) is 34.9 Å². The summed E-state index contributed by atoms with van der Waals surface area (Å²) >= 11 is 3.27. The Morgan fingerprint density at radius 3 is 2.50 bits per heavy atom. The van der Waals surface area contributed by atoms with E-state index in [-0.39, 0.29) is 11.8 Å². The van der Waals surface area contributed by atoms with Crippen molar-refractivity contribution >= 4 is 37.4 Å². The fourth-order valence-electron chi connectivity index (χ4n) is 1.73. The molecule has 1 aromatic heterocycles. The number of halogens is 1. The minimum absolute atomic E-state index is 0.00158. The highest BCUT2D eigenvalue weighted by Crippen LogP contribution is 2.20. The first-order chi connectivity index (χ1) is 11.2. The minimum atomic E-state index is -4.04. The van der Waals surface area contributed by atoms with Gasteiger partial charge in [-0.3, -0.25) is 4.79 Å². The highest BCUT2D eigenvalue weighted by atomic mass is 79.9. The quantitative estimate of drug-likeness (QED) is 0.735. The number of sulfone groups is 1. The van der Waals surface area contributed by atoms with Crippen molar-refractivity contribution in [3.63, 3.8) is 0 Å². The fraction of sp³-hybridized carbons (Fsp3) is 0.357. The van der Waals surface area contributed by atoms with Crippen molar-refractivity contribution in [2.45, 2.75) is 25.1 Å². The first kappa shape index (κ1) is 18.6. The Hall–Kier alpha value is -1.78. The van der Waals surface area contributed by atoms with Crippen molar-refractivity contribution in [3.05, 3.63) is 34.6 Å². The summed E-state index contributed by atoms with van der Waals surface area (Å²) in [6.07, 6.45) is 0. The number of nitrogens with one attached hydrogen (secondary N) is 1. The molecule has 0 aliphatic heterocycles. The lowest BCUT2D eigenvalue weighted by molar-refractivity contribution is -0.113. The van der Waals surface area contributed by atoms with Crippen LogP contribution >= 0.6 is 15.9 Å². The van der Waals surface area contributed by atoms with Crippen LogP contribution < -0.4 is 11.1 Å². The molecule has 1 amide bonds. The molecule has 1 aromatic carbocycles. The van der Waals surface area contributed by atoms with Gasteiger partial charge in [0.05, 0.1) is 6.04 Å². The van der Waals surface area contributed by atoms with Crippen LogP contribution in [0.2, 0.25) is 0 Å². The molecule has 0 aliphatic rings. The molecule has 24 heavy (non-hydrogen) atoms. The second kappa shape index (κ2) is 7.41. The molecule has 0 saturated heterocycles. The van der Waals surface area contributed by atoms with E-state index >= 15 is 0 Å². The molecule has 2 rings (SSSR count). The van der Waals surface area contributed by atoms with Gasteiger partial charge < -0.3 is 15.5 Å². The monoisotopic (exact) mass is 416 g/mol. The third kappa shape index (κ3) is 4.62. The van der Waals surface area contributed by atoms with Gasteiger partial charge in [0, 0.05) is 10.2 Å². The van der Waals surface area contributed by atoms with Crippen LogP contribution in [0.25, 0.3) is 0 Å². The van der Waals surface area contributed by atoms with Crippen LogP contribution in [-0.2, 0) is 14.6 Å². The molecule has 0 fully saturated rings. The number of amides is 1. The summed E-state index contributed by atoms with van der Waals surface area (Å²) in [5.74, 6) is -1.48. The maximum Gasteiger partial charge on any atom is 0.336 e. The molecular weight excluding hydrogens is 400 g/mol. The molecule has 0 aliphatic carbocycles. The lowest BCUT2D eigenvalue weighted by atomic mass is 10.1. The van der Waals surface area contributed by atoms with Crippen molar-refractivity contribution in [2.75, 3.05) is 11.1 Å². The number of nitrogens with zero attached hydrogens (tertiary/aromatic N) is 2. The topological polar surface area (TPSA) is 128 Å². The Morgan fingerprint density at radius 2 is 1.92 bits per heavy atom. The number of anilines is 1. The van der Waals surface area contributed by atoms with Gasteiger partial charge in [-0.15, -0.1) is 5.10 Å². The third-order valence-electron chi connectivity index (χ3n) is 3.14. The molecule has 0 spiro atoms. The van der Waals surface area contributed by atoms with Crippen molar-refractivity contribution < 1.29 is 17.6 Å². The number of hydrogen-bond donors (Lipinski definition) is 2. The second-order valence-electron chi connectivity index (χ2n) is 5.49. The molecule has 1 heterocycles. The normalized spacial score (nSPS) is 13.0. The minimum Gasteiger partial charge on any atom is -0.411 e. The number of aromatic nitrogens is 2. The lowest BCUT2D eigenvalue weighted by Gasteiger charge is -2.09. The Labute approximate surface area is 147 Å². The number of nitrogens with two attached hydrogens (primary N) is 1. The fourth-order valence-corrected chi connectivity index (χ4v) is 2.91. The summed E-state index contributed by atoms with van der Waals surface area (Å²) in [6.45, 7) is 3.68. The van der Waals surface area contributed by atoms with E-state index in [0.29, 0.717) is 5.69 Å². The summed E-state index contributed by atoms with van der Waals surface area (Å²) < 4.78 is 30.3. The number of hydrogen-bond acceptors (Lipinski definition) is 7. The van der Waals surface area contributed by atoms with E-state index in [9.17, 15) is 13.2 Å². The zero-order valence-electron chi connectivity index (χ0n) is 13.1. The van der Waals surface area contributed by atoms with Gasteiger partial charge in [0.1, 0.15) is 5.75 Å². The third-order valence-corrected chi connectivity index (χ3v) is 5.01. The van der Waals surface area contributed by atoms with E-state index < -0.39 is 32.8 Å². The summed E-state index contributed by atoms with van der Waals surface area (Å²) in [7, 11) is -4.04. The van der Waals surface area contributed by atoms with Gasteiger partial charge in [0.15, 0.2) is 0 Å². The predicted molar refractivity (Wildman–Crippen MR) is 90.9 cm³/mol. The Balaban J connectivity index is 2.07.